The Morgan fingerprint density at radius 1 is 1.10 bits per heavy atom. The number of nitrogens with zero attached hydrogens (tertiary/aromatic N) is 4. The molecule has 0 bridgehead atoms. The second kappa shape index (κ2) is 9.06. The summed E-state index contributed by atoms with van der Waals surface area (Å²) in [6.45, 7) is 4.77. The average molecular weight is 436 g/mol. The molecule has 0 aliphatic heterocycles. The summed E-state index contributed by atoms with van der Waals surface area (Å²) in [5, 5.41) is 12.1. The number of rotatable bonds is 7. The first kappa shape index (κ1) is 20.7. The Bertz CT molecular complexity index is 1190. The summed E-state index contributed by atoms with van der Waals surface area (Å²) in [5.74, 6) is 0.451. The summed E-state index contributed by atoms with van der Waals surface area (Å²) in [7, 11) is 0. The number of nitrogens with one attached hydrogen (secondary N) is 1. The Morgan fingerprint density at radius 3 is 2.65 bits per heavy atom. The Morgan fingerprint density at radius 2 is 1.87 bits per heavy atom. The maximum Gasteiger partial charge on any atom is 0.276 e. The highest BCUT2D eigenvalue weighted by atomic mass is 35.5. The minimum atomic E-state index is -0.317. The Labute approximate surface area is 185 Å². The number of ether oxygens (including phenoxy) is 1. The number of benzene rings is 2. The van der Waals surface area contributed by atoms with Crippen LogP contribution in [0.5, 0.6) is 5.75 Å². The fourth-order valence-corrected chi connectivity index (χ4v) is 3.42. The van der Waals surface area contributed by atoms with Gasteiger partial charge in [0, 0.05) is 17.4 Å². The smallest absolute Gasteiger partial charge is 0.276 e. The van der Waals surface area contributed by atoms with Crippen LogP contribution in [0.4, 0.5) is 5.69 Å². The van der Waals surface area contributed by atoms with Crippen LogP contribution in [0.1, 0.15) is 27.2 Å². The predicted molar refractivity (Wildman–Crippen MR) is 120 cm³/mol. The normalized spacial score (nSPS) is 10.8. The second-order valence-corrected chi connectivity index (χ2v) is 7.72. The number of aryl methyl sites for hydroxylation is 2. The summed E-state index contributed by atoms with van der Waals surface area (Å²) in [6.07, 6.45) is 5.05. The third-order valence-corrected chi connectivity index (χ3v) is 4.98. The number of aromatic nitrogens is 4. The summed E-state index contributed by atoms with van der Waals surface area (Å²) < 4.78 is 9.07. The summed E-state index contributed by atoms with van der Waals surface area (Å²) in [6, 6.07) is 15.2. The maximum atomic E-state index is 12.5. The number of amides is 1. The van der Waals surface area contributed by atoms with Crippen LogP contribution in [0.3, 0.4) is 0 Å². The first-order valence-corrected chi connectivity index (χ1v) is 10.2. The largest absolute Gasteiger partial charge is 0.471 e. The molecule has 2 heterocycles. The van der Waals surface area contributed by atoms with Crippen LogP contribution in [-0.4, -0.2) is 25.5 Å². The van der Waals surface area contributed by atoms with E-state index in [2.05, 4.69) is 21.6 Å². The van der Waals surface area contributed by atoms with Crippen molar-refractivity contribution in [2.24, 2.45) is 0 Å². The van der Waals surface area contributed by atoms with E-state index < -0.39 is 0 Å². The molecule has 2 aromatic heterocycles. The molecule has 0 unspecified atom stereocenters. The van der Waals surface area contributed by atoms with Crippen LogP contribution in [0, 0.1) is 13.8 Å². The van der Waals surface area contributed by atoms with Gasteiger partial charge in [-0.3, -0.25) is 9.48 Å². The molecule has 0 radical (unpaired) electrons. The van der Waals surface area contributed by atoms with E-state index in [9.17, 15) is 4.79 Å². The molecule has 8 heteroatoms. The summed E-state index contributed by atoms with van der Waals surface area (Å²) in [5.41, 5.74) is 4.09. The minimum Gasteiger partial charge on any atom is -0.471 e. The molecule has 0 aliphatic carbocycles. The maximum absolute atomic E-state index is 12.5. The summed E-state index contributed by atoms with van der Waals surface area (Å²) >= 11 is 6.20. The number of halogens is 1. The van der Waals surface area contributed by atoms with E-state index in [0.29, 0.717) is 22.9 Å². The Hall–Kier alpha value is -3.58. The lowest BCUT2D eigenvalue weighted by Crippen LogP contribution is -2.14. The fourth-order valence-electron chi connectivity index (χ4n) is 3.22. The van der Waals surface area contributed by atoms with Gasteiger partial charge in [-0.05, 0) is 54.8 Å². The molecule has 31 heavy (non-hydrogen) atoms. The van der Waals surface area contributed by atoms with E-state index in [1.807, 2.05) is 50.2 Å². The van der Waals surface area contributed by atoms with Gasteiger partial charge in [0.15, 0.2) is 12.4 Å². The molecule has 0 fully saturated rings. The van der Waals surface area contributed by atoms with Gasteiger partial charge in [-0.15, -0.1) is 0 Å². The van der Waals surface area contributed by atoms with Crippen molar-refractivity contribution in [2.75, 3.05) is 5.32 Å². The highest BCUT2D eigenvalue weighted by molar-refractivity contribution is 6.31. The van der Waals surface area contributed by atoms with Crippen molar-refractivity contribution in [1.82, 2.24) is 19.6 Å². The molecule has 4 rings (SSSR count). The number of carbonyl (C=O) groups is 1. The van der Waals surface area contributed by atoms with E-state index in [1.54, 1.807) is 34.0 Å². The van der Waals surface area contributed by atoms with Crippen LogP contribution in [0.15, 0.2) is 67.1 Å². The number of anilines is 1. The molecule has 0 aliphatic rings. The molecule has 0 saturated heterocycles. The van der Waals surface area contributed by atoms with Crippen molar-refractivity contribution in [2.45, 2.75) is 27.1 Å². The van der Waals surface area contributed by atoms with Gasteiger partial charge in [0.05, 0.1) is 18.4 Å². The van der Waals surface area contributed by atoms with Crippen molar-refractivity contribution in [3.63, 3.8) is 0 Å². The molecule has 158 valence electrons. The zero-order valence-electron chi connectivity index (χ0n) is 17.2. The topological polar surface area (TPSA) is 74.0 Å². The molecular weight excluding hydrogens is 414 g/mol. The van der Waals surface area contributed by atoms with Crippen LogP contribution in [0.25, 0.3) is 0 Å². The third kappa shape index (κ3) is 5.32. The number of hydrogen-bond donors (Lipinski definition) is 1. The number of carbonyl (C=O) groups excluding carboxylic acids is 1. The first-order valence-electron chi connectivity index (χ1n) is 9.78. The van der Waals surface area contributed by atoms with E-state index in [0.717, 1.165) is 22.4 Å². The molecule has 7 nitrogen and oxygen atoms in total. The highest BCUT2D eigenvalue weighted by Crippen LogP contribution is 2.18. The second-order valence-electron chi connectivity index (χ2n) is 7.31. The van der Waals surface area contributed by atoms with Crippen molar-refractivity contribution < 1.29 is 9.53 Å². The van der Waals surface area contributed by atoms with E-state index in [1.165, 1.54) is 0 Å². The summed E-state index contributed by atoms with van der Waals surface area (Å²) in [4.78, 5) is 12.5. The van der Waals surface area contributed by atoms with Crippen LogP contribution >= 0.6 is 11.6 Å². The van der Waals surface area contributed by atoms with Crippen molar-refractivity contribution in [3.8, 4) is 5.75 Å². The van der Waals surface area contributed by atoms with Gasteiger partial charge in [-0.25, -0.2) is 4.68 Å². The Balaban J connectivity index is 1.35. The zero-order valence-corrected chi connectivity index (χ0v) is 18.0. The lowest BCUT2D eigenvalue weighted by molar-refractivity contribution is 0.102. The number of hydrogen-bond acceptors (Lipinski definition) is 4. The van der Waals surface area contributed by atoms with Crippen LogP contribution < -0.4 is 10.1 Å². The Kier molecular flexibility index (Phi) is 6.04. The monoisotopic (exact) mass is 435 g/mol. The fraction of sp³-hybridized carbons (Fsp3) is 0.174. The van der Waals surface area contributed by atoms with Gasteiger partial charge in [0.2, 0.25) is 0 Å². The van der Waals surface area contributed by atoms with Gasteiger partial charge < -0.3 is 10.1 Å². The van der Waals surface area contributed by atoms with Gasteiger partial charge >= 0.3 is 0 Å². The molecule has 0 saturated carbocycles. The molecule has 4 aromatic rings. The molecule has 0 spiro atoms. The predicted octanol–water partition coefficient (Wildman–Crippen LogP) is 4.69. The first-order chi connectivity index (χ1) is 15.0. The average Bonchev–Trinajstić information content (AvgIpc) is 3.37. The molecule has 1 N–H and O–H groups in total. The van der Waals surface area contributed by atoms with E-state index in [4.69, 9.17) is 16.3 Å². The van der Waals surface area contributed by atoms with Gasteiger partial charge in [-0.2, -0.15) is 10.2 Å². The van der Waals surface area contributed by atoms with Crippen molar-refractivity contribution in [1.29, 1.82) is 0 Å². The van der Waals surface area contributed by atoms with Crippen LogP contribution in [-0.2, 0) is 13.3 Å². The van der Waals surface area contributed by atoms with Gasteiger partial charge in [0.1, 0.15) is 5.75 Å². The highest BCUT2D eigenvalue weighted by Gasteiger charge is 2.12. The SMILES string of the molecule is Cc1cc(C)cc(OCn2ccc(C(=O)Nc3cnn(Cc4ccccc4Cl)c3)n2)c1. The molecule has 1 amide bonds. The standard InChI is InChI=1S/C23H22ClN5O2/c1-16-9-17(2)11-20(10-16)31-15-28-8-7-22(27-28)23(30)26-19-12-25-29(14-19)13-18-5-3-4-6-21(18)24/h3-12,14H,13,15H2,1-2H3,(H,26,30). The molecule has 0 atom stereocenters. The van der Waals surface area contributed by atoms with Gasteiger partial charge in [-0.1, -0.05) is 35.9 Å². The lowest BCUT2D eigenvalue weighted by Gasteiger charge is -2.08. The minimum absolute atomic E-state index is 0.214. The lowest BCUT2D eigenvalue weighted by atomic mass is 10.1. The van der Waals surface area contributed by atoms with Crippen molar-refractivity contribution in [3.05, 3.63) is 94.5 Å². The van der Waals surface area contributed by atoms with Crippen LogP contribution in [0.2, 0.25) is 5.02 Å². The third-order valence-electron chi connectivity index (χ3n) is 4.61. The van der Waals surface area contributed by atoms with E-state index in [-0.39, 0.29) is 12.6 Å². The zero-order chi connectivity index (χ0) is 21.8. The van der Waals surface area contributed by atoms with E-state index >= 15 is 0 Å². The van der Waals surface area contributed by atoms with Crippen molar-refractivity contribution >= 4 is 23.2 Å². The molecular formula is C23H22ClN5O2. The quantitative estimate of drug-likeness (QED) is 0.457. The molecule has 2 aromatic carbocycles. The van der Waals surface area contributed by atoms with Gasteiger partial charge in [0.25, 0.3) is 5.91 Å².